The summed E-state index contributed by atoms with van der Waals surface area (Å²) in [6.45, 7) is 6.90. The maximum Gasteiger partial charge on any atom is 0.0895 e. The first kappa shape index (κ1) is 13.9. The molecule has 2 unspecified atom stereocenters. The van der Waals surface area contributed by atoms with Crippen LogP contribution in [0, 0.1) is 5.92 Å². The normalized spacial score (nSPS) is 15.9. The molecule has 0 saturated heterocycles. The number of nitrogens with one attached hydrogen (secondary N) is 1. The zero-order chi connectivity index (χ0) is 11.0. The van der Waals surface area contributed by atoms with E-state index in [-0.39, 0.29) is 6.61 Å². The van der Waals surface area contributed by atoms with Crippen molar-refractivity contribution in [3.05, 3.63) is 0 Å². The number of hydrogen-bond acceptors (Lipinski definition) is 3. The van der Waals surface area contributed by atoms with Crippen LogP contribution in [0.4, 0.5) is 0 Å². The third-order valence-corrected chi connectivity index (χ3v) is 2.33. The third-order valence-electron chi connectivity index (χ3n) is 2.33. The topological polar surface area (TPSA) is 52.5 Å². The van der Waals surface area contributed by atoms with Crippen LogP contribution in [0.5, 0.6) is 0 Å². The molecule has 0 fully saturated rings. The molecule has 0 aromatic heterocycles. The fraction of sp³-hybridized carbons (Fsp3) is 1.00. The van der Waals surface area contributed by atoms with Crippen molar-refractivity contribution in [3.8, 4) is 0 Å². The summed E-state index contributed by atoms with van der Waals surface area (Å²) in [7, 11) is 0. The van der Waals surface area contributed by atoms with Crippen LogP contribution in [0.25, 0.3) is 0 Å². The second kappa shape index (κ2) is 8.21. The van der Waals surface area contributed by atoms with E-state index < -0.39 is 6.10 Å². The lowest BCUT2D eigenvalue weighted by molar-refractivity contribution is 0.0920. The molecule has 0 aliphatic carbocycles. The summed E-state index contributed by atoms with van der Waals surface area (Å²) < 4.78 is 0. The van der Waals surface area contributed by atoms with Gasteiger partial charge in [-0.15, -0.1) is 0 Å². The molecule has 0 aliphatic heterocycles. The predicted molar refractivity (Wildman–Crippen MR) is 59.2 cm³/mol. The fourth-order valence-electron chi connectivity index (χ4n) is 1.34. The molecule has 0 spiro atoms. The number of aliphatic hydroxyl groups excluding tert-OH is 2. The Balaban J connectivity index is 3.32. The maximum atomic E-state index is 9.11. The Morgan fingerprint density at radius 1 is 1.14 bits per heavy atom. The van der Waals surface area contributed by atoms with Crippen LogP contribution in [0.2, 0.25) is 0 Å². The van der Waals surface area contributed by atoms with Gasteiger partial charge < -0.3 is 15.5 Å². The van der Waals surface area contributed by atoms with Gasteiger partial charge in [-0.05, 0) is 19.3 Å². The van der Waals surface area contributed by atoms with Gasteiger partial charge >= 0.3 is 0 Å². The van der Waals surface area contributed by atoms with Gasteiger partial charge in [0.25, 0.3) is 0 Å². The van der Waals surface area contributed by atoms with E-state index in [0.717, 1.165) is 12.3 Å². The van der Waals surface area contributed by atoms with Crippen LogP contribution >= 0.6 is 0 Å². The van der Waals surface area contributed by atoms with Gasteiger partial charge in [-0.3, -0.25) is 0 Å². The second-order valence-corrected chi connectivity index (χ2v) is 4.47. The van der Waals surface area contributed by atoms with Crippen molar-refractivity contribution in [2.75, 3.05) is 13.2 Å². The summed E-state index contributed by atoms with van der Waals surface area (Å²) in [4.78, 5) is 0. The standard InChI is InChI=1S/C11H25NO2/c1-9(2)5-4-6-10(3)12-7-11(14)8-13/h9-14H,4-8H2,1-3H3. The van der Waals surface area contributed by atoms with Crippen molar-refractivity contribution in [1.29, 1.82) is 0 Å². The minimum Gasteiger partial charge on any atom is -0.394 e. The first-order chi connectivity index (χ1) is 6.56. The van der Waals surface area contributed by atoms with Gasteiger partial charge in [0.1, 0.15) is 0 Å². The molecule has 14 heavy (non-hydrogen) atoms. The lowest BCUT2D eigenvalue weighted by atomic mass is 10.0. The SMILES string of the molecule is CC(C)CCCC(C)NCC(O)CO. The largest absolute Gasteiger partial charge is 0.394 e. The molecular formula is C11H25NO2. The quantitative estimate of drug-likeness (QED) is 0.554. The van der Waals surface area contributed by atoms with Gasteiger partial charge in [-0.2, -0.15) is 0 Å². The highest BCUT2D eigenvalue weighted by Gasteiger charge is 2.05. The highest BCUT2D eigenvalue weighted by Crippen LogP contribution is 2.07. The fourth-order valence-corrected chi connectivity index (χ4v) is 1.34. The molecule has 0 heterocycles. The van der Waals surface area contributed by atoms with Gasteiger partial charge in [-0.25, -0.2) is 0 Å². The van der Waals surface area contributed by atoms with E-state index in [1.165, 1.54) is 12.8 Å². The summed E-state index contributed by atoms with van der Waals surface area (Å²) in [6.07, 6.45) is 2.99. The summed E-state index contributed by atoms with van der Waals surface area (Å²) in [5.41, 5.74) is 0. The number of rotatable bonds is 8. The number of aliphatic hydroxyl groups is 2. The van der Waals surface area contributed by atoms with Crippen molar-refractivity contribution < 1.29 is 10.2 Å². The maximum absolute atomic E-state index is 9.11. The van der Waals surface area contributed by atoms with Crippen LogP contribution in [0.3, 0.4) is 0 Å². The minimum atomic E-state index is -0.623. The molecule has 3 nitrogen and oxygen atoms in total. The Labute approximate surface area is 87.5 Å². The van der Waals surface area contributed by atoms with Crippen LogP contribution in [0.1, 0.15) is 40.0 Å². The first-order valence-corrected chi connectivity index (χ1v) is 5.58. The molecule has 3 heteroatoms. The van der Waals surface area contributed by atoms with Gasteiger partial charge in [0.05, 0.1) is 12.7 Å². The Bertz CT molecular complexity index is 128. The van der Waals surface area contributed by atoms with Crippen LogP contribution < -0.4 is 5.32 Å². The van der Waals surface area contributed by atoms with Crippen LogP contribution in [-0.4, -0.2) is 35.5 Å². The molecule has 86 valence electrons. The summed E-state index contributed by atoms with van der Waals surface area (Å²) in [5.74, 6) is 0.769. The third kappa shape index (κ3) is 8.48. The monoisotopic (exact) mass is 203 g/mol. The van der Waals surface area contributed by atoms with Gasteiger partial charge in [0, 0.05) is 12.6 Å². The van der Waals surface area contributed by atoms with Gasteiger partial charge in [-0.1, -0.05) is 26.7 Å². The summed E-state index contributed by atoms with van der Waals surface area (Å²) in [5, 5.41) is 20.9. The van der Waals surface area contributed by atoms with E-state index >= 15 is 0 Å². The molecular weight excluding hydrogens is 178 g/mol. The Hall–Kier alpha value is -0.120. The molecule has 0 rings (SSSR count). The van der Waals surface area contributed by atoms with Gasteiger partial charge in [0.2, 0.25) is 0 Å². The molecule has 0 saturated carbocycles. The van der Waals surface area contributed by atoms with Crippen molar-refractivity contribution in [3.63, 3.8) is 0 Å². The zero-order valence-electron chi connectivity index (χ0n) is 9.66. The molecule has 3 N–H and O–H groups in total. The van der Waals surface area contributed by atoms with E-state index in [4.69, 9.17) is 10.2 Å². The van der Waals surface area contributed by atoms with E-state index in [9.17, 15) is 0 Å². The van der Waals surface area contributed by atoms with Crippen molar-refractivity contribution in [2.45, 2.75) is 52.2 Å². The molecule has 0 bridgehead atoms. The highest BCUT2D eigenvalue weighted by molar-refractivity contribution is 4.64. The van der Waals surface area contributed by atoms with E-state index in [2.05, 4.69) is 26.1 Å². The summed E-state index contributed by atoms with van der Waals surface area (Å²) in [6, 6.07) is 0.426. The average Bonchev–Trinajstić information content (AvgIpc) is 2.13. The van der Waals surface area contributed by atoms with Crippen molar-refractivity contribution in [2.24, 2.45) is 5.92 Å². The lowest BCUT2D eigenvalue weighted by Crippen LogP contribution is -2.35. The Morgan fingerprint density at radius 2 is 1.79 bits per heavy atom. The molecule has 0 aromatic carbocycles. The van der Waals surface area contributed by atoms with Crippen LogP contribution in [0.15, 0.2) is 0 Å². The van der Waals surface area contributed by atoms with E-state index in [1.807, 2.05) is 0 Å². The lowest BCUT2D eigenvalue weighted by Gasteiger charge is -2.16. The van der Waals surface area contributed by atoms with Crippen LogP contribution in [-0.2, 0) is 0 Å². The molecule has 0 aromatic rings. The summed E-state index contributed by atoms with van der Waals surface area (Å²) >= 11 is 0. The zero-order valence-corrected chi connectivity index (χ0v) is 9.66. The molecule has 0 radical (unpaired) electrons. The van der Waals surface area contributed by atoms with E-state index in [0.29, 0.717) is 12.6 Å². The predicted octanol–water partition coefficient (Wildman–Crippen LogP) is 1.14. The molecule has 2 atom stereocenters. The smallest absolute Gasteiger partial charge is 0.0895 e. The van der Waals surface area contributed by atoms with Crippen molar-refractivity contribution in [1.82, 2.24) is 5.32 Å². The highest BCUT2D eigenvalue weighted by atomic mass is 16.3. The van der Waals surface area contributed by atoms with Gasteiger partial charge in [0.15, 0.2) is 0 Å². The van der Waals surface area contributed by atoms with E-state index in [1.54, 1.807) is 0 Å². The average molecular weight is 203 g/mol. The first-order valence-electron chi connectivity index (χ1n) is 5.58. The minimum absolute atomic E-state index is 0.161. The Kier molecular flexibility index (Phi) is 8.14. The molecule has 0 aliphatic rings. The second-order valence-electron chi connectivity index (χ2n) is 4.47. The Morgan fingerprint density at radius 3 is 2.29 bits per heavy atom. The molecule has 0 amide bonds. The number of hydrogen-bond donors (Lipinski definition) is 3. The van der Waals surface area contributed by atoms with Crippen molar-refractivity contribution >= 4 is 0 Å².